The molecule has 28 heavy (non-hydrogen) atoms. The molecule has 0 bridgehead atoms. The van der Waals surface area contributed by atoms with Gasteiger partial charge in [0.25, 0.3) is 0 Å². The fourth-order valence-corrected chi connectivity index (χ4v) is 8.28. The number of carboxylic acid groups (broad SMARTS) is 1. The molecule has 0 amide bonds. The number of carbonyl (C=O) groups is 1. The van der Waals surface area contributed by atoms with Crippen molar-refractivity contribution in [3.05, 3.63) is 11.6 Å². The van der Waals surface area contributed by atoms with E-state index >= 15 is 0 Å². The van der Waals surface area contributed by atoms with Crippen LogP contribution in [0.4, 0.5) is 0 Å². The summed E-state index contributed by atoms with van der Waals surface area (Å²) in [5, 5.41) is 30.2. The number of carboxylic acids is 1. The Bertz CT molecular complexity index is 657. The summed E-state index contributed by atoms with van der Waals surface area (Å²) in [4.78, 5) is 11.0. The van der Waals surface area contributed by atoms with Crippen molar-refractivity contribution in [1.82, 2.24) is 0 Å². The van der Waals surface area contributed by atoms with E-state index in [1.807, 2.05) is 6.08 Å². The normalized spacial score (nSPS) is 48.8. The van der Waals surface area contributed by atoms with Gasteiger partial charge in [0.15, 0.2) is 0 Å². The monoisotopic (exact) mass is 390 g/mol. The maximum absolute atomic E-state index is 11.0. The van der Waals surface area contributed by atoms with E-state index in [1.54, 1.807) is 0 Å². The van der Waals surface area contributed by atoms with E-state index in [0.717, 1.165) is 31.3 Å². The second kappa shape index (κ2) is 7.12. The first-order chi connectivity index (χ1) is 13.2. The third kappa shape index (κ3) is 3.06. The van der Waals surface area contributed by atoms with Crippen LogP contribution in [0.5, 0.6) is 0 Å². The standard InChI is InChI=1S/C24H38O4/c1-14(4-7-22(27)28)17-5-6-18-16-13-21(26)20-12-15(25)8-10-24(20,3)19(16)9-11-23(17,18)2/h12,14-19,21,25-26H,4-11,13H2,1-3H3,(H,27,28)/t14-,15+,16+,17+,18-,19+,21-,23+,24-/m0/s1. The highest BCUT2D eigenvalue weighted by Crippen LogP contribution is 2.67. The van der Waals surface area contributed by atoms with Gasteiger partial charge in [-0.1, -0.05) is 26.8 Å². The molecule has 0 radical (unpaired) electrons. The Hall–Kier alpha value is -0.870. The molecule has 3 fully saturated rings. The number of hydrogen-bond acceptors (Lipinski definition) is 3. The van der Waals surface area contributed by atoms with Crippen molar-refractivity contribution in [1.29, 1.82) is 0 Å². The van der Waals surface area contributed by atoms with Crippen molar-refractivity contribution < 1.29 is 20.1 Å². The summed E-state index contributed by atoms with van der Waals surface area (Å²) in [5.41, 5.74) is 1.43. The van der Waals surface area contributed by atoms with Crippen LogP contribution >= 0.6 is 0 Å². The minimum absolute atomic E-state index is 0.0376. The van der Waals surface area contributed by atoms with Gasteiger partial charge in [-0.05, 0) is 97.4 Å². The average molecular weight is 391 g/mol. The number of aliphatic hydroxyl groups excluding tert-OH is 2. The minimum atomic E-state index is -0.683. The van der Waals surface area contributed by atoms with Gasteiger partial charge in [-0.15, -0.1) is 0 Å². The summed E-state index contributed by atoms with van der Waals surface area (Å²) in [6, 6.07) is 0. The molecule has 0 aliphatic heterocycles. The Morgan fingerprint density at radius 1 is 1.14 bits per heavy atom. The first-order valence-corrected chi connectivity index (χ1v) is 11.5. The lowest BCUT2D eigenvalue weighted by Crippen LogP contribution is -2.54. The second-order valence-electron chi connectivity index (χ2n) is 10.9. The third-order valence-corrected chi connectivity index (χ3v) is 9.67. The third-order valence-electron chi connectivity index (χ3n) is 9.67. The van der Waals surface area contributed by atoms with E-state index in [-0.39, 0.29) is 17.3 Å². The van der Waals surface area contributed by atoms with Gasteiger partial charge in [0.05, 0.1) is 12.2 Å². The molecule has 0 saturated heterocycles. The van der Waals surface area contributed by atoms with Crippen molar-refractivity contribution in [3.63, 3.8) is 0 Å². The first-order valence-electron chi connectivity index (χ1n) is 11.5. The molecular formula is C24H38O4. The van der Waals surface area contributed by atoms with E-state index in [4.69, 9.17) is 5.11 Å². The highest BCUT2D eigenvalue weighted by Gasteiger charge is 2.60. The Morgan fingerprint density at radius 2 is 1.89 bits per heavy atom. The van der Waals surface area contributed by atoms with E-state index in [0.29, 0.717) is 29.6 Å². The lowest BCUT2D eigenvalue weighted by Gasteiger charge is -2.60. The van der Waals surface area contributed by atoms with Crippen molar-refractivity contribution in [3.8, 4) is 0 Å². The largest absolute Gasteiger partial charge is 0.481 e. The van der Waals surface area contributed by atoms with Crippen LogP contribution in [0.1, 0.15) is 78.6 Å². The predicted molar refractivity (Wildman–Crippen MR) is 109 cm³/mol. The molecule has 0 aromatic rings. The summed E-state index contributed by atoms with van der Waals surface area (Å²) >= 11 is 0. The molecule has 4 heteroatoms. The molecule has 0 heterocycles. The van der Waals surface area contributed by atoms with E-state index in [9.17, 15) is 15.0 Å². The molecule has 0 unspecified atom stereocenters. The summed E-state index contributed by atoms with van der Waals surface area (Å²) in [6.07, 6.45) is 9.72. The molecule has 158 valence electrons. The van der Waals surface area contributed by atoms with E-state index < -0.39 is 18.2 Å². The zero-order valence-electron chi connectivity index (χ0n) is 17.7. The smallest absolute Gasteiger partial charge is 0.303 e. The molecule has 0 aromatic carbocycles. The van der Waals surface area contributed by atoms with Gasteiger partial charge in [0.1, 0.15) is 0 Å². The van der Waals surface area contributed by atoms with Gasteiger partial charge >= 0.3 is 5.97 Å². The predicted octanol–water partition coefficient (Wildman–Crippen LogP) is 4.40. The van der Waals surface area contributed by atoms with Crippen molar-refractivity contribution in [2.45, 2.75) is 90.8 Å². The van der Waals surface area contributed by atoms with Crippen LogP contribution in [0.3, 0.4) is 0 Å². The van der Waals surface area contributed by atoms with Crippen LogP contribution in [0, 0.1) is 40.4 Å². The molecule has 4 nitrogen and oxygen atoms in total. The van der Waals surface area contributed by atoms with Gasteiger partial charge in [0.2, 0.25) is 0 Å². The molecule has 4 rings (SSSR count). The zero-order chi connectivity index (χ0) is 20.3. The molecule has 3 N–H and O–H groups in total. The number of hydrogen-bond donors (Lipinski definition) is 3. The fraction of sp³-hybridized carbons (Fsp3) is 0.875. The van der Waals surface area contributed by atoms with Crippen LogP contribution in [0.15, 0.2) is 11.6 Å². The Balaban J connectivity index is 1.57. The van der Waals surface area contributed by atoms with Gasteiger partial charge in [-0.3, -0.25) is 4.79 Å². The molecule has 0 aromatic heterocycles. The van der Waals surface area contributed by atoms with Crippen molar-refractivity contribution in [2.24, 2.45) is 40.4 Å². The van der Waals surface area contributed by atoms with Crippen LogP contribution in [-0.4, -0.2) is 33.5 Å². The number of aliphatic hydroxyl groups is 2. The highest BCUT2D eigenvalue weighted by atomic mass is 16.4. The lowest BCUT2D eigenvalue weighted by molar-refractivity contribution is -0.137. The Labute approximate surface area is 169 Å². The Kier molecular flexibility index (Phi) is 5.19. The molecular weight excluding hydrogens is 352 g/mol. The summed E-state index contributed by atoms with van der Waals surface area (Å²) in [6.45, 7) is 7.07. The first kappa shape index (κ1) is 20.4. The highest BCUT2D eigenvalue weighted by molar-refractivity contribution is 5.66. The molecule has 0 spiro atoms. The zero-order valence-corrected chi connectivity index (χ0v) is 17.7. The van der Waals surface area contributed by atoms with Gasteiger partial charge in [-0.2, -0.15) is 0 Å². The van der Waals surface area contributed by atoms with Crippen molar-refractivity contribution in [2.75, 3.05) is 0 Å². The molecule has 3 saturated carbocycles. The van der Waals surface area contributed by atoms with Gasteiger partial charge < -0.3 is 15.3 Å². The second-order valence-corrected chi connectivity index (χ2v) is 10.9. The number of rotatable bonds is 4. The average Bonchev–Trinajstić information content (AvgIpc) is 2.99. The minimum Gasteiger partial charge on any atom is -0.481 e. The maximum atomic E-state index is 11.0. The van der Waals surface area contributed by atoms with E-state index in [2.05, 4.69) is 20.8 Å². The number of aliphatic carboxylic acids is 1. The maximum Gasteiger partial charge on any atom is 0.303 e. The quantitative estimate of drug-likeness (QED) is 0.622. The summed E-state index contributed by atoms with van der Waals surface area (Å²) in [5.74, 6) is 2.18. The van der Waals surface area contributed by atoms with Crippen LogP contribution in [0.2, 0.25) is 0 Å². The Morgan fingerprint density at radius 3 is 2.61 bits per heavy atom. The van der Waals surface area contributed by atoms with Gasteiger partial charge in [-0.25, -0.2) is 0 Å². The fourth-order valence-electron chi connectivity index (χ4n) is 8.28. The summed E-state index contributed by atoms with van der Waals surface area (Å²) < 4.78 is 0. The summed E-state index contributed by atoms with van der Waals surface area (Å²) in [7, 11) is 0. The van der Waals surface area contributed by atoms with E-state index in [1.165, 1.54) is 25.7 Å². The number of fused-ring (bicyclic) bond motifs is 5. The van der Waals surface area contributed by atoms with Gasteiger partial charge in [0, 0.05) is 6.42 Å². The van der Waals surface area contributed by atoms with Crippen molar-refractivity contribution >= 4 is 5.97 Å². The van der Waals surface area contributed by atoms with Crippen LogP contribution in [-0.2, 0) is 4.79 Å². The topological polar surface area (TPSA) is 77.8 Å². The molecule has 4 aliphatic rings. The molecule has 4 aliphatic carbocycles. The lowest BCUT2D eigenvalue weighted by atomic mass is 9.46. The van der Waals surface area contributed by atoms with Crippen LogP contribution < -0.4 is 0 Å². The SMILES string of the molecule is C[C@@H](CCC(=O)O)[C@H]1CC[C@H]2[C@H]3C[C@H](O)C4=C[C@H](O)CC[C@@]4(C)[C@@H]3CC[C@]12C. The molecule has 9 atom stereocenters. The van der Waals surface area contributed by atoms with Crippen LogP contribution in [0.25, 0.3) is 0 Å².